The lowest BCUT2D eigenvalue weighted by Crippen LogP contribution is -2.05. The van der Waals surface area contributed by atoms with Crippen molar-refractivity contribution in [3.63, 3.8) is 0 Å². The van der Waals surface area contributed by atoms with Crippen LogP contribution in [0.3, 0.4) is 0 Å². The maximum Gasteiger partial charge on any atom is 0.141 e. The number of anilines is 1. The van der Waals surface area contributed by atoms with Gasteiger partial charge in [-0.2, -0.15) is 0 Å². The molecule has 20 heavy (non-hydrogen) atoms. The predicted octanol–water partition coefficient (Wildman–Crippen LogP) is 4.20. The quantitative estimate of drug-likeness (QED) is 0.841. The Morgan fingerprint density at radius 3 is 2.75 bits per heavy atom. The Balaban J connectivity index is 2.07. The summed E-state index contributed by atoms with van der Waals surface area (Å²) in [6.07, 6.45) is 0.918. The van der Waals surface area contributed by atoms with Crippen LogP contribution in [-0.4, -0.2) is 9.97 Å². The molecule has 0 aliphatic rings. The van der Waals surface area contributed by atoms with Gasteiger partial charge in [0.25, 0.3) is 0 Å². The molecule has 0 unspecified atom stereocenters. The lowest BCUT2D eigenvalue weighted by molar-refractivity contribution is 0.632. The Morgan fingerprint density at radius 2 is 2.05 bits per heavy atom. The first-order valence-electron chi connectivity index (χ1n) is 6.53. The number of hydrogen-bond acceptors (Lipinski definition) is 4. The highest BCUT2D eigenvalue weighted by Gasteiger charge is 2.06. The molecular weight excluding hydrogens is 290 g/mol. The van der Waals surface area contributed by atoms with Crippen molar-refractivity contribution in [3.05, 3.63) is 46.9 Å². The van der Waals surface area contributed by atoms with E-state index >= 15 is 0 Å². The number of nitrogens with two attached hydrogens (primary N) is 1. The average molecular weight is 308 g/mol. The fourth-order valence-electron chi connectivity index (χ4n) is 1.87. The monoisotopic (exact) mass is 307 g/mol. The largest absolute Gasteiger partial charge is 0.384 e. The molecule has 1 aromatic carbocycles. The van der Waals surface area contributed by atoms with E-state index in [1.54, 1.807) is 11.8 Å². The molecule has 0 amide bonds. The Kier molecular flexibility index (Phi) is 5.26. The van der Waals surface area contributed by atoms with E-state index in [1.807, 2.05) is 30.3 Å². The molecule has 106 valence electrons. The van der Waals surface area contributed by atoms with Gasteiger partial charge < -0.3 is 5.73 Å². The van der Waals surface area contributed by atoms with Gasteiger partial charge in [0, 0.05) is 21.7 Å². The molecule has 0 saturated carbocycles. The van der Waals surface area contributed by atoms with Crippen LogP contribution in [0.1, 0.15) is 25.4 Å². The van der Waals surface area contributed by atoms with Crippen LogP contribution in [0.5, 0.6) is 0 Å². The second kappa shape index (κ2) is 6.95. The number of thioether (sulfide) groups is 1. The van der Waals surface area contributed by atoms with Crippen molar-refractivity contribution in [2.45, 2.75) is 30.9 Å². The smallest absolute Gasteiger partial charge is 0.141 e. The highest BCUT2D eigenvalue weighted by Crippen LogP contribution is 2.24. The number of nitrogen functional groups attached to an aromatic ring is 1. The molecule has 0 saturated heterocycles. The van der Waals surface area contributed by atoms with Crippen LogP contribution >= 0.6 is 23.4 Å². The Bertz CT molecular complexity index is 587. The first-order valence-corrected chi connectivity index (χ1v) is 7.90. The normalized spacial score (nSPS) is 11.0. The highest BCUT2D eigenvalue weighted by molar-refractivity contribution is 7.98. The van der Waals surface area contributed by atoms with Gasteiger partial charge in [-0.15, -0.1) is 11.8 Å². The summed E-state index contributed by atoms with van der Waals surface area (Å²) >= 11 is 7.63. The first-order chi connectivity index (χ1) is 9.52. The summed E-state index contributed by atoms with van der Waals surface area (Å²) < 4.78 is 0. The molecule has 5 heteroatoms. The third kappa shape index (κ3) is 4.69. The van der Waals surface area contributed by atoms with Crippen LogP contribution in [0, 0.1) is 5.92 Å². The zero-order valence-electron chi connectivity index (χ0n) is 11.6. The van der Waals surface area contributed by atoms with Gasteiger partial charge in [0.1, 0.15) is 11.6 Å². The minimum Gasteiger partial charge on any atom is -0.384 e. The van der Waals surface area contributed by atoms with Crippen LogP contribution in [0.4, 0.5) is 5.82 Å². The predicted molar refractivity (Wildman–Crippen MR) is 86.0 cm³/mol. The number of benzene rings is 1. The van der Waals surface area contributed by atoms with Gasteiger partial charge in [-0.25, -0.2) is 9.97 Å². The number of halogens is 1. The summed E-state index contributed by atoms with van der Waals surface area (Å²) in [4.78, 5) is 9.96. The molecule has 2 N–H and O–H groups in total. The molecule has 1 aromatic heterocycles. The molecule has 0 atom stereocenters. The molecule has 0 fully saturated rings. The Morgan fingerprint density at radius 1 is 1.25 bits per heavy atom. The van der Waals surface area contributed by atoms with Crippen molar-refractivity contribution in [1.29, 1.82) is 0 Å². The van der Waals surface area contributed by atoms with Gasteiger partial charge in [-0.3, -0.25) is 0 Å². The van der Waals surface area contributed by atoms with Crippen LogP contribution in [0.15, 0.2) is 35.2 Å². The third-order valence-corrected chi connectivity index (χ3v) is 3.85. The van der Waals surface area contributed by atoms with E-state index in [-0.39, 0.29) is 0 Å². The fourth-order valence-corrected chi connectivity index (χ4v) is 2.93. The molecule has 3 nitrogen and oxygen atoms in total. The molecule has 1 heterocycles. The summed E-state index contributed by atoms with van der Waals surface area (Å²) in [6, 6.07) is 9.62. The first kappa shape index (κ1) is 15.1. The molecule has 2 aromatic rings. The number of nitrogens with zero attached hydrogens (tertiary/aromatic N) is 2. The van der Waals surface area contributed by atoms with Crippen molar-refractivity contribution in [2.24, 2.45) is 5.92 Å². The van der Waals surface area contributed by atoms with E-state index in [2.05, 4.69) is 23.8 Å². The van der Waals surface area contributed by atoms with E-state index in [1.165, 1.54) is 0 Å². The van der Waals surface area contributed by atoms with E-state index in [9.17, 15) is 0 Å². The standard InChI is InChI=1S/C15H18ClN3S/c1-10(2)6-12-8-14(17)19-15(18-12)9-20-13-5-3-4-11(16)7-13/h3-5,7-8,10H,6,9H2,1-2H3,(H2,17,18,19). The van der Waals surface area contributed by atoms with Gasteiger partial charge in [-0.05, 0) is 30.5 Å². The molecule has 0 aliphatic heterocycles. The number of hydrogen-bond donors (Lipinski definition) is 1. The van der Waals surface area contributed by atoms with Crippen LogP contribution in [-0.2, 0) is 12.2 Å². The molecule has 2 rings (SSSR count). The molecule has 0 aliphatic carbocycles. The Hall–Kier alpha value is -1.26. The maximum absolute atomic E-state index is 5.97. The van der Waals surface area contributed by atoms with Crippen molar-refractivity contribution in [3.8, 4) is 0 Å². The van der Waals surface area contributed by atoms with E-state index < -0.39 is 0 Å². The second-order valence-electron chi connectivity index (χ2n) is 5.04. The molecule has 0 spiro atoms. The van der Waals surface area contributed by atoms with Gasteiger partial charge >= 0.3 is 0 Å². The van der Waals surface area contributed by atoms with E-state index in [4.69, 9.17) is 17.3 Å². The Labute approximate surface area is 129 Å². The summed E-state index contributed by atoms with van der Waals surface area (Å²) in [5, 5.41) is 0.740. The van der Waals surface area contributed by atoms with Crippen LogP contribution in [0.25, 0.3) is 0 Å². The third-order valence-electron chi connectivity index (χ3n) is 2.63. The van der Waals surface area contributed by atoms with Crippen LogP contribution in [0.2, 0.25) is 5.02 Å². The zero-order chi connectivity index (χ0) is 14.5. The minimum atomic E-state index is 0.539. The lowest BCUT2D eigenvalue weighted by atomic mass is 10.1. The fraction of sp³-hybridized carbons (Fsp3) is 0.333. The summed E-state index contributed by atoms with van der Waals surface area (Å²) in [5.41, 5.74) is 6.86. The summed E-state index contributed by atoms with van der Waals surface area (Å²) in [6.45, 7) is 4.33. The SMILES string of the molecule is CC(C)Cc1cc(N)nc(CSc2cccc(Cl)c2)n1. The topological polar surface area (TPSA) is 51.8 Å². The maximum atomic E-state index is 5.97. The number of rotatable bonds is 5. The van der Waals surface area contributed by atoms with Gasteiger partial charge in [0.05, 0.1) is 5.75 Å². The second-order valence-corrected chi connectivity index (χ2v) is 6.53. The molecule has 0 bridgehead atoms. The van der Waals surface area contributed by atoms with E-state index in [0.29, 0.717) is 17.5 Å². The van der Waals surface area contributed by atoms with Gasteiger partial charge in [-0.1, -0.05) is 31.5 Å². The van der Waals surface area contributed by atoms with Gasteiger partial charge in [0.2, 0.25) is 0 Å². The summed E-state index contributed by atoms with van der Waals surface area (Å²) in [7, 11) is 0. The molecular formula is C15H18ClN3S. The van der Waals surface area contributed by atoms with Crippen molar-refractivity contribution < 1.29 is 0 Å². The zero-order valence-corrected chi connectivity index (χ0v) is 13.2. The lowest BCUT2D eigenvalue weighted by Gasteiger charge is -2.08. The van der Waals surface area contributed by atoms with Crippen molar-refractivity contribution >= 4 is 29.2 Å². The van der Waals surface area contributed by atoms with Crippen molar-refractivity contribution in [1.82, 2.24) is 9.97 Å². The van der Waals surface area contributed by atoms with E-state index in [0.717, 1.165) is 27.9 Å². The summed E-state index contributed by atoms with van der Waals surface area (Å²) in [5.74, 6) is 2.55. The van der Waals surface area contributed by atoms with Gasteiger partial charge in [0.15, 0.2) is 0 Å². The highest BCUT2D eigenvalue weighted by atomic mass is 35.5. The average Bonchev–Trinajstić information content (AvgIpc) is 2.35. The number of aromatic nitrogens is 2. The molecule has 0 radical (unpaired) electrons. The van der Waals surface area contributed by atoms with Crippen LogP contribution < -0.4 is 5.73 Å². The van der Waals surface area contributed by atoms with Crippen molar-refractivity contribution in [2.75, 3.05) is 5.73 Å². The minimum absolute atomic E-state index is 0.539.